The molecule has 8 aromatic rings. The first-order valence-electron chi connectivity index (χ1n) is 21.7. The Morgan fingerprint density at radius 1 is 0.569 bits per heavy atom. The Balaban J connectivity index is 0.000000213. The van der Waals surface area contributed by atoms with Crippen LogP contribution in [0.15, 0.2) is 97.6 Å². The van der Waals surface area contributed by atoms with Gasteiger partial charge in [-0.1, -0.05) is 37.7 Å². The van der Waals surface area contributed by atoms with Crippen LogP contribution < -0.4 is 21.3 Å². The quantitative estimate of drug-likeness (QED) is 0.0642. The van der Waals surface area contributed by atoms with Crippen molar-refractivity contribution >= 4 is 65.2 Å². The molecule has 72 heavy (non-hydrogen) atoms. The summed E-state index contributed by atoms with van der Waals surface area (Å²) < 4.78 is 78.0. The molecule has 0 radical (unpaired) electrons. The number of alkyl halides is 6. The van der Waals surface area contributed by atoms with Crippen molar-refractivity contribution in [2.75, 3.05) is 35.4 Å². The number of aryl methyl sites for hydroxylation is 2. The van der Waals surface area contributed by atoms with Crippen molar-refractivity contribution in [1.29, 1.82) is 0 Å². The first-order chi connectivity index (χ1) is 34.0. The highest BCUT2D eigenvalue weighted by atomic mass is 28.3. The second-order valence-electron chi connectivity index (χ2n) is 16.9. The summed E-state index contributed by atoms with van der Waals surface area (Å²) in [6.07, 6.45) is 1.60. The van der Waals surface area contributed by atoms with E-state index in [4.69, 9.17) is 11.4 Å². The standard InChI is InChI=1S/C27H25F3N6OSi.C24H17F3N6O/c1-16-6-7-19(34-25(37)17-8-10-32-23(13-17)27(28,29)30)14-20(16)21-12-18-15-33-26(31-2)36-24(18)35-22(21)9-11-38(3,4)5;1-4-19-18(9-15-12-30-23(28-3)33-21(15)32-19)17-11-16(6-5-13(17)2)31-22(34)14-7-8-29-20(10-14)24(25,26)27/h6-8,10,12-15H,1-5H3,(H,34,37)(H,31,33,35,36);1,5-12H,2-3H3,(H,31,34)(H,28,30,32,33). The summed E-state index contributed by atoms with van der Waals surface area (Å²) in [4.78, 5) is 58.4. The number of benzene rings is 2. The van der Waals surface area contributed by atoms with E-state index in [-0.39, 0.29) is 11.1 Å². The molecule has 0 fully saturated rings. The van der Waals surface area contributed by atoms with E-state index in [9.17, 15) is 35.9 Å². The molecule has 14 nitrogen and oxygen atoms in total. The maximum absolute atomic E-state index is 13.0. The lowest BCUT2D eigenvalue weighted by molar-refractivity contribution is -0.142. The van der Waals surface area contributed by atoms with Crippen LogP contribution in [0.25, 0.3) is 44.3 Å². The number of terminal acetylenes is 1. The third-order valence-corrected chi connectivity index (χ3v) is 11.3. The number of fused-ring (bicyclic) bond motifs is 2. The third-order valence-electron chi connectivity index (χ3n) is 10.5. The first-order valence-corrected chi connectivity index (χ1v) is 25.2. The van der Waals surface area contributed by atoms with Gasteiger partial charge < -0.3 is 21.3 Å². The molecule has 2 amide bonds. The van der Waals surface area contributed by atoms with E-state index in [2.05, 4.69) is 93.2 Å². The number of hydrogen-bond acceptors (Lipinski definition) is 12. The topological polar surface area (TPSA) is 185 Å². The van der Waals surface area contributed by atoms with Gasteiger partial charge >= 0.3 is 12.4 Å². The van der Waals surface area contributed by atoms with Gasteiger partial charge in [0, 0.05) is 83.3 Å². The molecular formula is C51H42F6N12O2Si. The van der Waals surface area contributed by atoms with Crippen LogP contribution in [0.4, 0.5) is 49.6 Å². The zero-order valence-corrected chi connectivity index (χ0v) is 40.5. The van der Waals surface area contributed by atoms with Gasteiger partial charge in [-0.3, -0.25) is 19.6 Å². The number of nitrogens with one attached hydrogen (secondary N) is 4. The fourth-order valence-electron chi connectivity index (χ4n) is 6.87. The molecule has 0 saturated heterocycles. The Labute approximate surface area is 409 Å². The number of carbonyl (C=O) groups excluding carboxylic acids is 2. The highest BCUT2D eigenvalue weighted by Crippen LogP contribution is 2.34. The molecule has 4 N–H and O–H groups in total. The van der Waals surface area contributed by atoms with Gasteiger partial charge in [0.2, 0.25) is 11.9 Å². The predicted molar refractivity (Wildman–Crippen MR) is 267 cm³/mol. The van der Waals surface area contributed by atoms with Crippen molar-refractivity contribution in [2.24, 2.45) is 0 Å². The number of pyridine rings is 4. The van der Waals surface area contributed by atoms with Gasteiger partial charge in [0.1, 0.15) is 30.8 Å². The summed E-state index contributed by atoms with van der Waals surface area (Å²) in [7, 11) is 1.67. The van der Waals surface area contributed by atoms with Crippen LogP contribution in [0.3, 0.4) is 0 Å². The number of rotatable bonds is 8. The predicted octanol–water partition coefficient (Wildman–Crippen LogP) is 10.6. The van der Waals surface area contributed by atoms with Crippen LogP contribution in [0.1, 0.15) is 54.6 Å². The Morgan fingerprint density at radius 2 is 1.00 bits per heavy atom. The number of aromatic nitrogens is 8. The molecule has 6 aromatic heterocycles. The lowest BCUT2D eigenvalue weighted by Gasteiger charge is -2.14. The zero-order chi connectivity index (χ0) is 52.1. The average molecular weight is 997 g/mol. The molecule has 2 aromatic carbocycles. The summed E-state index contributed by atoms with van der Waals surface area (Å²) in [6.45, 7) is 10.2. The minimum Gasteiger partial charge on any atom is -0.357 e. The van der Waals surface area contributed by atoms with Crippen LogP contribution in [0.5, 0.6) is 0 Å². The van der Waals surface area contributed by atoms with Gasteiger partial charge in [-0.2, -0.15) is 36.3 Å². The monoisotopic (exact) mass is 996 g/mol. The fourth-order valence-corrected chi connectivity index (χ4v) is 7.36. The van der Waals surface area contributed by atoms with Crippen LogP contribution in [0.2, 0.25) is 19.6 Å². The molecule has 0 unspecified atom stereocenters. The maximum Gasteiger partial charge on any atom is 0.433 e. The Morgan fingerprint density at radius 3 is 1.40 bits per heavy atom. The number of hydrogen-bond donors (Lipinski definition) is 4. The Hall–Kier alpha value is -8.82. The highest BCUT2D eigenvalue weighted by molar-refractivity contribution is 6.83. The molecule has 0 spiro atoms. The Bertz CT molecular complexity index is 3530. The van der Waals surface area contributed by atoms with Crippen molar-refractivity contribution in [2.45, 2.75) is 45.8 Å². The Kier molecular flexibility index (Phi) is 14.6. The van der Waals surface area contributed by atoms with Gasteiger partial charge in [-0.25, -0.2) is 19.9 Å². The normalized spacial score (nSPS) is 11.4. The molecule has 21 heteroatoms. The fraction of sp³-hybridized carbons (Fsp3) is 0.176. The first kappa shape index (κ1) is 51.0. The van der Waals surface area contributed by atoms with Crippen molar-refractivity contribution in [1.82, 2.24) is 39.9 Å². The maximum atomic E-state index is 13.0. The minimum atomic E-state index is -4.65. The van der Waals surface area contributed by atoms with Crippen LogP contribution in [-0.2, 0) is 12.4 Å². The summed E-state index contributed by atoms with van der Waals surface area (Å²) in [5, 5.41) is 12.4. The number of halogens is 6. The van der Waals surface area contributed by atoms with Gasteiger partial charge in [0.15, 0.2) is 11.3 Å². The molecule has 0 bridgehead atoms. The van der Waals surface area contributed by atoms with Crippen molar-refractivity contribution in [3.8, 4) is 46.1 Å². The van der Waals surface area contributed by atoms with Gasteiger partial charge in [-0.15, -0.1) is 12.0 Å². The zero-order valence-electron chi connectivity index (χ0n) is 39.5. The van der Waals surface area contributed by atoms with E-state index in [0.29, 0.717) is 73.9 Å². The molecule has 364 valence electrons. The van der Waals surface area contributed by atoms with Crippen molar-refractivity contribution in [3.05, 3.63) is 143 Å². The van der Waals surface area contributed by atoms with Gasteiger partial charge in [0.05, 0.1) is 0 Å². The van der Waals surface area contributed by atoms with E-state index in [0.717, 1.165) is 40.7 Å². The van der Waals surface area contributed by atoms with Crippen molar-refractivity contribution in [3.63, 3.8) is 0 Å². The highest BCUT2D eigenvalue weighted by Gasteiger charge is 2.34. The molecular weight excluding hydrogens is 955 g/mol. The summed E-state index contributed by atoms with van der Waals surface area (Å²) in [5.74, 6) is 5.25. The molecule has 0 saturated carbocycles. The van der Waals surface area contributed by atoms with Crippen molar-refractivity contribution < 1.29 is 35.9 Å². The molecule has 8 rings (SSSR count). The van der Waals surface area contributed by atoms with Crippen LogP contribution in [0, 0.1) is 37.7 Å². The van der Waals surface area contributed by atoms with E-state index < -0.39 is 43.6 Å². The summed E-state index contributed by atoms with van der Waals surface area (Å²) >= 11 is 0. The molecule has 0 aliphatic carbocycles. The largest absolute Gasteiger partial charge is 0.433 e. The summed E-state index contributed by atoms with van der Waals surface area (Å²) in [5.41, 5.74) is 7.93. The van der Waals surface area contributed by atoms with Crippen LogP contribution >= 0.6 is 0 Å². The number of anilines is 4. The van der Waals surface area contributed by atoms with Gasteiger partial charge in [0.25, 0.3) is 11.8 Å². The number of nitrogens with zero attached hydrogens (tertiary/aromatic N) is 8. The lowest BCUT2D eigenvalue weighted by atomic mass is 9.97. The molecule has 0 aliphatic rings. The van der Waals surface area contributed by atoms with E-state index >= 15 is 0 Å². The second-order valence-corrected chi connectivity index (χ2v) is 21.7. The molecule has 0 aliphatic heterocycles. The van der Waals surface area contributed by atoms with Crippen LogP contribution in [-0.4, -0.2) is 73.9 Å². The number of carbonyl (C=O) groups is 2. The van der Waals surface area contributed by atoms with E-state index in [1.165, 1.54) is 12.1 Å². The second kappa shape index (κ2) is 20.6. The number of amides is 2. The minimum absolute atomic E-state index is 0.152. The smallest absolute Gasteiger partial charge is 0.357 e. The van der Waals surface area contributed by atoms with Gasteiger partial charge in [-0.05, 0) is 103 Å². The molecule has 0 atom stereocenters. The molecule has 6 heterocycles. The van der Waals surface area contributed by atoms with E-state index in [1.54, 1.807) is 56.8 Å². The third kappa shape index (κ3) is 12.1. The van der Waals surface area contributed by atoms with E-state index in [1.807, 2.05) is 32.0 Å². The average Bonchev–Trinajstić information content (AvgIpc) is 3.35. The summed E-state index contributed by atoms with van der Waals surface area (Å²) in [6, 6.07) is 17.9. The lowest BCUT2D eigenvalue weighted by Crippen LogP contribution is -2.16. The SMILES string of the molecule is C#Cc1nc2nc(NC)ncc2cc1-c1cc(NC(=O)c2ccnc(C(F)(F)F)c2)ccc1C.CNc1ncc2cc(-c3cc(NC(=O)c4ccnc(C(F)(F)F)c4)ccc3C)c(C#C[Si](C)(C)C)nc2n1.